The lowest BCUT2D eigenvalue weighted by Crippen LogP contribution is -2.59. The van der Waals surface area contributed by atoms with Crippen LogP contribution in [0.1, 0.15) is 27.9 Å². The van der Waals surface area contributed by atoms with E-state index in [2.05, 4.69) is 11.9 Å². The second kappa shape index (κ2) is 7.41. The van der Waals surface area contributed by atoms with Gasteiger partial charge in [0.1, 0.15) is 5.54 Å². The molecule has 1 N–H and O–H groups in total. The number of fused-ring (bicyclic) bond motifs is 1. The Balaban J connectivity index is 1.65. The molecule has 2 amide bonds. The smallest absolute Gasteiger partial charge is 0.252 e. The number of ether oxygens (including phenoxy) is 1. The fourth-order valence-electron chi connectivity index (χ4n) is 3.85. The molecule has 0 bridgehead atoms. The number of hydrogen-bond acceptors (Lipinski definition) is 3. The molecular formula is C22H21ClN2O3. The lowest BCUT2D eigenvalue weighted by Gasteiger charge is -2.42. The Morgan fingerprint density at radius 1 is 1.18 bits per heavy atom. The maximum absolute atomic E-state index is 13.2. The zero-order chi connectivity index (χ0) is 19.7. The minimum Gasteiger partial charge on any atom is -0.376 e. The number of rotatable bonds is 4. The van der Waals surface area contributed by atoms with Gasteiger partial charge in [-0.2, -0.15) is 0 Å². The van der Waals surface area contributed by atoms with E-state index in [0.717, 1.165) is 29.7 Å². The third kappa shape index (κ3) is 3.21. The monoisotopic (exact) mass is 396 g/mol. The third-order valence-corrected chi connectivity index (χ3v) is 5.63. The number of amides is 2. The van der Waals surface area contributed by atoms with Crippen molar-refractivity contribution in [2.75, 3.05) is 24.7 Å². The fourth-order valence-corrected chi connectivity index (χ4v) is 3.97. The van der Waals surface area contributed by atoms with Crippen LogP contribution in [-0.4, -0.2) is 31.6 Å². The van der Waals surface area contributed by atoms with Crippen LogP contribution in [-0.2, 0) is 21.5 Å². The van der Waals surface area contributed by atoms with Crippen LogP contribution in [0.4, 0.5) is 5.69 Å². The molecule has 144 valence electrons. The molecule has 0 unspecified atom stereocenters. The molecule has 0 radical (unpaired) electrons. The molecule has 0 spiro atoms. The summed E-state index contributed by atoms with van der Waals surface area (Å²) in [5.41, 5.74) is 2.68. The van der Waals surface area contributed by atoms with Crippen LogP contribution < -0.4 is 10.2 Å². The normalized spacial score (nSPS) is 17.2. The van der Waals surface area contributed by atoms with Crippen molar-refractivity contribution in [1.82, 2.24) is 5.32 Å². The number of nitrogens with zero attached hydrogens (tertiary/aromatic N) is 1. The topological polar surface area (TPSA) is 58.6 Å². The number of anilines is 1. The molecule has 5 nitrogen and oxygen atoms in total. The molecular weight excluding hydrogens is 376 g/mol. The van der Waals surface area contributed by atoms with Gasteiger partial charge >= 0.3 is 0 Å². The van der Waals surface area contributed by atoms with Gasteiger partial charge in [0, 0.05) is 22.8 Å². The molecule has 2 aliphatic heterocycles. The van der Waals surface area contributed by atoms with Crippen LogP contribution in [0.25, 0.3) is 0 Å². The lowest BCUT2D eigenvalue weighted by atomic mass is 9.87. The lowest BCUT2D eigenvalue weighted by molar-refractivity contribution is -0.114. The van der Waals surface area contributed by atoms with Gasteiger partial charge in [0.05, 0.1) is 13.2 Å². The van der Waals surface area contributed by atoms with E-state index in [0.29, 0.717) is 30.3 Å². The Morgan fingerprint density at radius 2 is 1.93 bits per heavy atom. The van der Waals surface area contributed by atoms with Crippen molar-refractivity contribution in [3.8, 4) is 0 Å². The van der Waals surface area contributed by atoms with Crippen LogP contribution in [0.3, 0.4) is 0 Å². The van der Waals surface area contributed by atoms with Crippen molar-refractivity contribution < 1.29 is 14.3 Å². The molecule has 1 fully saturated rings. The highest BCUT2D eigenvalue weighted by Crippen LogP contribution is 2.33. The van der Waals surface area contributed by atoms with E-state index in [1.807, 2.05) is 42.5 Å². The Kier molecular flexibility index (Phi) is 4.96. The van der Waals surface area contributed by atoms with Gasteiger partial charge in [-0.15, -0.1) is 0 Å². The predicted molar refractivity (Wildman–Crippen MR) is 109 cm³/mol. The summed E-state index contributed by atoms with van der Waals surface area (Å²) in [5, 5.41) is 3.81. The molecule has 0 atom stereocenters. The minimum absolute atomic E-state index is 0.150. The SMILES string of the molecule is C=CC(=O)N1CCCc2c(C(=O)NC3(c4ccc(Cl)cc4)COC3)cccc21. The third-order valence-electron chi connectivity index (χ3n) is 5.38. The van der Waals surface area contributed by atoms with E-state index in [4.69, 9.17) is 16.3 Å². The fraction of sp³-hybridized carbons (Fsp3) is 0.273. The minimum atomic E-state index is -0.560. The molecule has 4 rings (SSSR count). The Bertz CT molecular complexity index is 935. The summed E-state index contributed by atoms with van der Waals surface area (Å²) >= 11 is 6.00. The molecule has 2 aromatic carbocycles. The van der Waals surface area contributed by atoms with Crippen LogP contribution in [0.15, 0.2) is 55.1 Å². The quantitative estimate of drug-likeness (QED) is 0.805. The zero-order valence-corrected chi connectivity index (χ0v) is 16.2. The molecule has 2 aromatic rings. The Hall–Kier alpha value is -2.63. The Morgan fingerprint density at radius 3 is 2.57 bits per heavy atom. The second-order valence-corrected chi connectivity index (χ2v) is 7.57. The first-order valence-electron chi connectivity index (χ1n) is 9.26. The van der Waals surface area contributed by atoms with E-state index < -0.39 is 5.54 Å². The van der Waals surface area contributed by atoms with E-state index in [1.54, 1.807) is 4.90 Å². The molecule has 0 aliphatic carbocycles. The zero-order valence-electron chi connectivity index (χ0n) is 15.4. The summed E-state index contributed by atoms with van der Waals surface area (Å²) in [7, 11) is 0. The van der Waals surface area contributed by atoms with Gasteiger partial charge in [-0.05, 0) is 54.3 Å². The van der Waals surface area contributed by atoms with Crippen LogP contribution in [0.2, 0.25) is 5.02 Å². The van der Waals surface area contributed by atoms with Crippen LogP contribution >= 0.6 is 11.6 Å². The highest BCUT2D eigenvalue weighted by atomic mass is 35.5. The van der Waals surface area contributed by atoms with Crippen molar-refractivity contribution in [2.45, 2.75) is 18.4 Å². The van der Waals surface area contributed by atoms with Crippen molar-refractivity contribution >= 4 is 29.1 Å². The van der Waals surface area contributed by atoms with Gasteiger partial charge in [-0.1, -0.05) is 36.4 Å². The summed E-state index contributed by atoms with van der Waals surface area (Å²) in [6.07, 6.45) is 2.87. The molecule has 6 heteroatoms. The number of benzene rings is 2. The molecule has 2 heterocycles. The van der Waals surface area contributed by atoms with E-state index in [9.17, 15) is 9.59 Å². The van der Waals surface area contributed by atoms with E-state index in [-0.39, 0.29) is 11.8 Å². The van der Waals surface area contributed by atoms with Crippen LogP contribution in [0.5, 0.6) is 0 Å². The summed E-state index contributed by atoms with van der Waals surface area (Å²) in [6.45, 7) is 5.04. The van der Waals surface area contributed by atoms with Gasteiger partial charge in [-0.25, -0.2) is 0 Å². The Labute approximate surface area is 168 Å². The molecule has 1 saturated heterocycles. The number of carbonyl (C=O) groups is 2. The van der Waals surface area contributed by atoms with E-state index >= 15 is 0 Å². The summed E-state index contributed by atoms with van der Waals surface area (Å²) in [6, 6.07) is 13.0. The molecule has 28 heavy (non-hydrogen) atoms. The van der Waals surface area contributed by atoms with Crippen molar-refractivity contribution in [1.29, 1.82) is 0 Å². The van der Waals surface area contributed by atoms with Gasteiger partial charge in [-0.3, -0.25) is 9.59 Å². The second-order valence-electron chi connectivity index (χ2n) is 7.14. The summed E-state index contributed by atoms with van der Waals surface area (Å²) in [5.74, 6) is -0.313. The average molecular weight is 397 g/mol. The summed E-state index contributed by atoms with van der Waals surface area (Å²) in [4.78, 5) is 27.1. The van der Waals surface area contributed by atoms with E-state index in [1.165, 1.54) is 6.08 Å². The molecule has 0 aromatic heterocycles. The largest absolute Gasteiger partial charge is 0.376 e. The maximum atomic E-state index is 13.2. The first kappa shape index (κ1) is 18.7. The number of carbonyl (C=O) groups excluding carboxylic acids is 2. The van der Waals surface area contributed by atoms with Gasteiger partial charge < -0.3 is 15.0 Å². The number of halogens is 1. The number of hydrogen-bond donors (Lipinski definition) is 1. The molecule has 2 aliphatic rings. The van der Waals surface area contributed by atoms with Crippen molar-refractivity contribution in [3.63, 3.8) is 0 Å². The average Bonchev–Trinajstić information content (AvgIpc) is 2.69. The first-order chi connectivity index (χ1) is 13.5. The van der Waals surface area contributed by atoms with Gasteiger partial charge in [0.2, 0.25) is 5.91 Å². The number of nitrogens with one attached hydrogen (secondary N) is 1. The highest BCUT2D eigenvalue weighted by molar-refractivity contribution is 6.30. The standard InChI is InChI=1S/C22H21ClN2O3/c1-2-20(26)25-12-4-6-17-18(5-3-7-19(17)25)21(27)24-22(13-28-14-22)15-8-10-16(23)11-9-15/h2-3,5,7-11H,1,4,6,12-14H2,(H,24,27). The van der Waals surface area contributed by atoms with Crippen LogP contribution in [0, 0.1) is 0 Å². The highest BCUT2D eigenvalue weighted by Gasteiger charge is 2.42. The van der Waals surface area contributed by atoms with Crippen molar-refractivity contribution in [2.24, 2.45) is 0 Å². The van der Waals surface area contributed by atoms with Gasteiger partial charge in [0.25, 0.3) is 5.91 Å². The van der Waals surface area contributed by atoms with Crippen molar-refractivity contribution in [3.05, 3.63) is 76.8 Å². The van der Waals surface area contributed by atoms with Gasteiger partial charge in [0.15, 0.2) is 0 Å². The summed E-state index contributed by atoms with van der Waals surface area (Å²) < 4.78 is 5.42. The first-order valence-corrected chi connectivity index (χ1v) is 9.64. The molecule has 0 saturated carbocycles. The maximum Gasteiger partial charge on any atom is 0.252 e. The predicted octanol–water partition coefficient (Wildman–Crippen LogP) is 3.46.